The Morgan fingerprint density at radius 3 is 2.29 bits per heavy atom. The summed E-state index contributed by atoms with van der Waals surface area (Å²) in [6.07, 6.45) is 2.99. The zero-order valence-corrected chi connectivity index (χ0v) is 15.2. The molecule has 0 amide bonds. The molecule has 0 saturated carbocycles. The van der Waals surface area contributed by atoms with Crippen molar-refractivity contribution in [3.63, 3.8) is 0 Å². The molecule has 1 aromatic carbocycles. The second-order valence-corrected chi connectivity index (χ2v) is 7.71. The number of alkyl halides is 1. The summed E-state index contributed by atoms with van der Waals surface area (Å²) in [5.41, 5.74) is 2.35. The predicted octanol–water partition coefficient (Wildman–Crippen LogP) is 5.10. The SMILES string of the molecule is CC(C)Cc1ccc(C(C)C(=O)OCCCC(C)Br)cc1. The number of carbonyl (C=O) groups is 1. The number of hydrogen-bond donors (Lipinski definition) is 0. The van der Waals surface area contributed by atoms with Gasteiger partial charge < -0.3 is 4.74 Å². The summed E-state index contributed by atoms with van der Waals surface area (Å²) in [7, 11) is 0. The molecule has 1 rings (SSSR count). The molecule has 1 aromatic rings. The van der Waals surface area contributed by atoms with E-state index in [1.807, 2.05) is 19.1 Å². The van der Waals surface area contributed by atoms with Crippen molar-refractivity contribution >= 4 is 21.9 Å². The van der Waals surface area contributed by atoms with Gasteiger partial charge in [-0.3, -0.25) is 4.79 Å². The van der Waals surface area contributed by atoms with E-state index in [1.165, 1.54) is 5.56 Å². The molecule has 0 bridgehead atoms. The van der Waals surface area contributed by atoms with Crippen molar-refractivity contribution < 1.29 is 9.53 Å². The summed E-state index contributed by atoms with van der Waals surface area (Å²) in [6, 6.07) is 8.33. The van der Waals surface area contributed by atoms with E-state index in [1.54, 1.807) is 0 Å². The monoisotopic (exact) mass is 354 g/mol. The van der Waals surface area contributed by atoms with Gasteiger partial charge in [0.15, 0.2) is 0 Å². The lowest BCUT2D eigenvalue weighted by atomic mass is 9.97. The lowest BCUT2D eigenvalue weighted by molar-refractivity contribution is -0.145. The van der Waals surface area contributed by atoms with Crippen LogP contribution in [-0.2, 0) is 16.0 Å². The quantitative estimate of drug-likeness (QED) is 0.369. The van der Waals surface area contributed by atoms with Crippen LogP contribution in [-0.4, -0.2) is 17.4 Å². The van der Waals surface area contributed by atoms with E-state index >= 15 is 0 Å². The number of hydrogen-bond acceptors (Lipinski definition) is 2. The van der Waals surface area contributed by atoms with Crippen LogP contribution in [0.2, 0.25) is 0 Å². The van der Waals surface area contributed by atoms with Crippen molar-refractivity contribution in [2.75, 3.05) is 6.61 Å². The number of rotatable bonds is 8. The van der Waals surface area contributed by atoms with Gasteiger partial charge >= 0.3 is 5.97 Å². The van der Waals surface area contributed by atoms with E-state index in [0.717, 1.165) is 24.8 Å². The molecule has 3 heteroatoms. The fourth-order valence-electron chi connectivity index (χ4n) is 2.21. The van der Waals surface area contributed by atoms with Gasteiger partial charge in [0, 0.05) is 4.83 Å². The van der Waals surface area contributed by atoms with Crippen LogP contribution in [0.4, 0.5) is 0 Å². The Bertz CT molecular complexity index is 423. The molecule has 0 fully saturated rings. The van der Waals surface area contributed by atoms with Crippen molar-refractivity contribution in [3.8, 4) is 0 Å². The Morgan fingerprint density at radius 1 is 1.14 bits per heavy atom. The van der Waals surface area contributed by atoms with Gasteiger partial charge in [0.1, 0.15) is 0 Å². The standard InChI is InChI=1S/C18H27BrO2/c1-13(2)12-16-7-9-17(10-8-16)15(4)18(20)21-11-5-6-14(3)19/h7-10,13-15H,5-6,11-12H2,1-4H3. The third-order valence-corrected chi connectivity index (χ3v) is 3.93. The lowest BCUT2D eigenvalue weighted by Crippen LogP contribution is -2.14. The van der Waals surface area contributed by atoms with Gasteiger partial charge in [-0.15, -0.1) is 0 Å². The largest absolute Gasteiger partial charge is 0.465 e. The first kappa shape index (κ1) is 18.2. The molecule has 0 aliphatic rings. The van der Waals surface area contributed by atoms with Crippen LogP contribution in [0.25, 0.3) is 0 Å². The molecule has 118 valence electrons. The maximum Gasteiger partial charge on any atom is 0.313 e. The lowest BCUT2D eigenvalue weighted by Gasteiger charge is -2.13. The molecular formula is C18H27BrO2. The molecule has 0 radical (unpaired) electrons. The van der Waals surface area contributed by atoms with Crippen LogP contribution in [0.1, 0.15) is 57.6 Å². The first-order chi connectivity index (χ1) is 9.90. The second kappa shape index (κ2) is 9.24. The summed E-state index contributed by atoms with van der Waals surface area (Å²) < 4.78 is 5.34. The zero-order chi connectivity index (χ0) is 15.8. The summed E-state index contributed by atoms with van der Waals surface area (Å²) in [6.45, 7) is 8.93. The van der Waals surface area contributed by atoms with Crippen molar-refractivity contribution in [1.82, 2.24) is 0 Å². The third kappa shape index (κ3) is 7.12. The molecular weight excluding hydrogens is 328 g/mol. The molecule has 0 spiro atoms. The van der Waals surface area contributed by atoms with Gasteiger partial charge in [0.05, 0.1) is 12.5 Å². The molecule has 0 heterocycles. The Morgan fingerprint density at radius 2 is 1.76 bits per heavy atom. The van der Waals surface area contributed by atoms with Crippen LogP contribution in [0.5, 0.6) is 0 Å². The minimum absolute atomic E-state index is 0.131. The highest BCUT2D eigenvalue weighted by Gasteiger charge is 2.16. The fraction of sp³-hybridized carbons (Fsp3) is 0.611. The van der Waals surface area contributed by atoms with Gasteiger partial charge in [-0.2, -0.15) is 0 Å². The molecule has 0 saturated heterocycles. The first-order valence-electron chi connectivity index (χ1n) is 7.79. The number of carbonyl (C=O) groups excluding carboxylic acids is 1. The van der Waals surface area contributed by atoms with E-state index < -0.39 is 0 Å². The van der Waals surface area contributed by atoms with Gasteiger partial charge in [-0.1, -0.05) is 61.0 Å². The molecule has 2 nitrogen and oxygen atoms in total. The van der Waals surface area contributed by atoms with E-state index in [2.05, 4.69) is 48.8 Å². The Balaban J connectivity index is 2.46. The van der Waals surface area contributed by atoms with Crippen molar-refractivity contribution in [2.24, 2.45) is 5.92 Å². The van der Waals surface area contributed by atoms with Crippen molar-refractivity contribution in [1.29, 1.82) is 0 Å². The smallest absolute Gasteiger partial charge is 0.313 e. The summed E-state index contributed by atoms with van der Waals surface area (Å²) in [5.74, 6) is 0.323. The Labute approximate surface area is 137 Å². The van der Waals surface area contributed by atoms with Crippen molar-refractivity contribution in [2.45, 2.75) is 57.7 Å². The molecule has 0 aliphatic heterocycles. The van der Waals surface area contributed by atoms with E-state index in [-0.39, 0.29) is 11.9 Å². The highest BCUT2D eigenvalue weighted by atomic mass is 79.9. The maximum atomic E-state index is 12.0. The van der Waals surface area contributed by atoms with Crippen LogP contribution in [0, 0.1) is 5.92 Å². The molecule has 2 unspecified atom stereocenters. The topological polar surface area (TPSA) is 26.3 Å². The Kier molecular flexibility index (Phi) is 8.02. The van der Waals surface area contributed by atoms with Crippen LogP contribution in [0.3, 0.4) is 0 Å². The number of ether oxygens (including phenoxy) is 1. The molecule has 0 aromatic heterocycles. The van der Waals surface area contributed by atoms with E-state index in [0.29, 0.717) is 17.4 Å². The maximum absolute atomic E-state index is 12.0. The zero-order valence-electron chi connectivity index (χ0n) is 13.6. The summed E-state index contributed by atoms with van der Waals surface area (Å²) in [4.78, 5) is 12.5. The minimum Gasteiger partial charge on any atom is -0.465 e. The number of esters is 1. The predicted molar refractivity (Wildman–Crippen MR) is 92.0 cm³/mol. The van der Waals surface area contributed by atoms with E-state index in [9.17, 15) is 4.79 Å². The number of benzene rings is 1. The van der Waals surface area contributed by atoms with Crippen molar-refractivity contribution in [3.05, 3.63) is 35.4 Å². The molecule has 2 atom stereocenters. The first-order valence-corrected chi connectivity index (χ1v) is 8.71. The Hall–Kier alpha value is -0.830. The highest BCUT2D eigenvalue weighted by Crippen LogP contribution is 2.19. The molecule has 21 heavy (non-hydrogen) atoms. The number of halogens is 1. The normalized spacial score (nSPS) is 14.0. The highest BCUT2D eigenvalue weighted by molar-refractivity contribution is 9.09. The average molecular weight is 355 g/mol. The summed E-state index contributed by atoms with van der Waals surface area (Å²) in [5, 5.41) is 0. The molecule has 0 N–H and O–H groups in total. The van der Waals surface area contributed by atoms with E-state index in [4.69, 9.17) is 4.74 Å². The minimum atomic E-state index is -0.195. The van der Waals surface area contributed by atoms with Gasteiger partial charge in [0.2, 0.25) is 0 Å². The van der Waals surface area contributed by atoms with Gasteiger partial charge in [-0.25, -0.2) is 0 Å². The van der Waals surface area contributed by atoms with Crippen LogP contribution >= 0.6 is 15.9 Å². The third-order valence-electron chi connectivity index (χ3n) is 3.47. The van der Waals surface area contributed by atoms with Crippen LogP contribution < -0.4 is 0 Å². The molecule has 0 aliphatic carbocycles. The van der Waals surface area contributed by atoms with Gasteiger partial charge in [0.25, 0.3) is 0 Å². The van der Waals surface area contributed by atoms with Crippen LogP contribution in [0.15, 0.2) is 24.3 Å². The van der Waals surface area contributed by atoms with Gasteiger partial charge in [-0.05, 0) is 43.2 Å². The fourth-order valence-corrected chi connectivity index (χ4v) is 2.54. The average Bonchev–Trinajstić information content (AvgIpc) is 2.42. The second-order valence-electron chi connectivity index (χ2n) is 6.15. The summed E-state index contributed by atoms with van der Waals surface area (Å²) >= 11 is 3.49.